The fourth-order valence-corrected chi connectivity index (χ4v) is 9.42. The van der Waals surface area contributed by atoms with E-state index in [-0.39, 0.29) is 28.9 Å². The van der Waals surface area contributed by atoms with Crippen LogP contribution in [0, 0.1) is 46.3 Å². The van der Waals surface area contributed by atoms with E-state index in [1.165, 1.54) is 20.0 Å². The van der Waals surface area contributed by atoms with Crippen LogP contribution in [0.3, 0.4) is 0 Å². The number of methoxy groups -OCH3 is 1. The molecule has 37 heavy (non-hydrogen) atoms. The van der Waals surface area contributed by atoms with Gasteiger partial charge in [0.05, 0.1) is 12.7 Å². The Morgan fingerprint density at radius 1 is 1.03 bits per heavy atom. The second kappa shape index (κ2) is 10.2. The van der Waals surface area contributed by atoms with Crippen molar-refractivity contribution < 1.29 is 23.9 Å². The molecule has 0 aromatic heterocycles. The van der Waals surface area contributed by atoms with Gasteiger partial charge in [-0.1, -0.05) is 39.0 Å². The highest BCUT2D eigenvalue weighted by atomic mass is 16.5. The molecule has 0 saturated heterocycles. The molecule has 4 aliphatic rings. The van der Waals surface area contributed by atoms with Crippen LogP contribution in [0.4, 0.5) is 0 Å². The molecule has 1 aromatic carbocycles. The van der Waals surface area contributed by atoms with Crippen LogP contribution in [0.25, 0.3) is 0 Å². The molecule has 9 atom stereocenters. The molecular weight excluding hydrogens is 464 g/mol. The average molecular weight is 509 g/mol. The first kappa shape index (κ1) is 26.4. The van der Waals surface area contributed by atoms with Crippen LogP contribution >= 0.6 is 0 Å². The number of fused-ring (bicyclic) bond motifs is 5. The first-order valence-corrected chi connectivity index (χ1v) is 14.5. The van der Waals surface area contributed by atoms with E-state index in [2.05, 4.69) is 20.8 Å². The Hall–Kier alpha value is -2.17. The molecule has 0 aliphatic heterocycles. The summed E-state index contributed by atoms with van der Waals surface area (Å²) in [5.74, 6) is 2.79. The molecule has 0 radical (unpaired) electrons. The summed E-state index contributed by atoms with van der Waals surface area (Å²) in [5, 5.41) is 0. The van der Waals surface area contributed by atoms with Gasteiger partial charge in [-0.3, -0.25) is 9.59 Å². The summed E-state index contributed by atoms with van der Waals surface area (Å²) in [6.45, 7) is 6.93. The Bertz CT molecular complexity index is 1020. The van der Waals surface area contributed by atoms with Crippen molar-refractivity contribution in [1.29, 1.82) is 0 Å². The van der Waals surface area contributed by atoms with Gasteiger partial charge in [0, 0.05) is 18.3 Å². The van der Waals surface area contributed by atoms with Gasteiger partial charge in [0.15, 0.2) is 0 Å². The predicted octanol–water partition coefficient (Wildman–Crippen LogP) is 6.64. The maximum atomic E-state index is 14.0. The molecule has 5 nitrogen and oxygen atoms in total. The standard InChI is InChI=1S/C32H44O5/c1-20(10-15-29(34)36-4)25-13-14-26-24-12-11-22-18-23(37-30(35)21-8-6-5-7-9-21)16-17-31(22,2)27(24)19-28(33)32(25,26)3/h5-9,20,22-27H,10-19H2,1-4H3/t20-,22+,23+,24-,25-,26+,27-,31-,32+/m0/s1. The number of ether oxygens (including phenoxy) is 2. The first-order valence-electron chi connectivity index (χ1n) is 14.5. The summed E-state index contributed by atoms with van der Waals surface area (Å²) in [5.41, 5.74) is 0.500. The number of carbonyl (C=O) groups excluding carboxylic acids is 3. The van der Waals surface area contributed by atoms with Gasteiger partial charge in [0.25, 0.3) is 0 Å². The second-order valence-electron chi connectivity index (χ2n) is 13.0. The van der Waals surface area contributed by atoms with Crippen molar-refractivity contribution in [2.75, 3.05) is 7.11 Å². The minimum atomic E-state index is -0.262. The molecule has 1 aromatic rings. The van der Waals surface area contributed by atoms with Crippen molar-refractivity contribution in [2.24, 2.45) is 46.3 Å². The monoisotopic (exact) mass is 508 g/mol. The average Bonchev–Trinajstić information content (AvgIpc) is 3.27. The number of Topliss-reactive ketones (excluding diaryl/α,β-unsaturated/α-hetero) is 1. The number of esters is 2. The van der Waals surface area contributed by atoms with Gasteiger partial charge < -0.3 is 9.47 Å². The van der Waals surface area contributed by atoms with Crippen LogP contribution in [0.5, 0.6) is 0 Å². The van der Waals surface area contributed by atoms with Gasteiger partial charge in [-0.05, 0) is 104 Å². The predicted molar refractivity (Wildman–Crippen MR) is 142 cm³/mol. The first-order chi connectivity index (χ1) is 17.7. The lowest BCUT2D eigenvalue weighted by Crippen LogP contribution is -2.57. The zero-order valence-corrected chi connectivity index (χ0v) is 23.0. The van der Waals surface area contributed by atoms with E-state index >= 15 is 0 Å². The van der Waals surface area contributed by atoms with Gasteiger partial charge in [0.2, 0.25) is 0 Å². The number of ketones is 1. The number of rotatable bonds is 6. The van der Waals surface area contributed by atoms with Gasteiger partial charge in [-0.2, -0.15) is 0 Å². The number of benzene rings is 1. The molecule has 4 aliphatic carbocycles. The topological polar surface area (TPSA) is 69.7 Å². The highest BCUT2D eigenvalue weighted by Gasteiger charge is 2.64. The Morgan fingerprint density at radius 3 is 2.51 bits per heavy atom. The third kappa shape index (κ3) is 4.55. The summed E-state index contributed by atoms with van der Waals surface area (Å²) in [4.78, 5) is 38.4. The van der Waals surface area contributed by atoms with Crippen molar-refractivity contribution in [2.45, 2.75) is 91.1 Å². The summed E-state index contributed by atoms with van der Waals surface area (Å²) in [7, 11) is 1.45. The Morgan fingerprint density at radius 2 is 1.78 bits per heavy atom. The smallest absolute Gasteiger partial charge is 0.338 e. The van der Waals surface area contributed by atoms with E-state index in [1.54, 1.807) is 0 Å². The fourth-order valence-electron chi connectivity index (χ4n) is 9.42. The van der Waals surface area contributed by atoms with E-state index in [4.69, 9.17) is 9.47 Å². The molecule has 5 rings (SSSR count). The third-order valence-electron chi connectivity index (χ3n) is 11.6. The second-order valence-corrected chi connectivity index (χ2v) is 13.0. The number of hydrogen-bond acceptors (Lipinski definition) is 5. The molecule has 4 saturated carbocycles. The van der Waals surface area contributed by atoms with Gasteiger partial charge >= 0.3 is 11.9 Å². The quantitative estimate of drug-likeness (QED) is 0.403. The molecule has 5 heteroatoms. The highest BCUT2D eigenvalue weighted by molar-refractivity contribution is 5.89. The fraction of sp³-hybridized carbons (Fsp3) is 0.719. The van der Waals surface area contributed by atoms with Crippen molar-refractivity contribution in [1.82, 2.24) is 0 Å². The van der Waals surface area contributed by atoms with E-state index < -0.39 is 0 Å². The Kier molecular flexibility index (Phi) is 7.28. The van der Waals surface area contributed by atoms with Gasteiger partial charge in [0.1, 0.15) is 11.9 Å². The van der Waals surface area contributed by atoms with E-state index in [0.717, 1.165) is 38.5 Å². The summed E-state index contributed by atoms with van der Waals surface area (Å²) in [6.07, 6.45) is 9.31. The SMILES string of the molecule is COC(=O)CC[C@H](C)[C@@H]1CC[C@@H]2[C@@H]3CC[C@@H]4C[C@H](OC(=O)c5ccccc5)CC[C@]4(C)[C@H]3CC(=O)[C@@]21C. The highest BCUT2D eigenvalue weighted by Crippen LogP contribution is 2.67. The number of hydrogen-bond donors (Lipinski definition) is 0. The van der Waals surface area contributed by atoms with Gasteiger partial charge in [-0.15, -0.1) is 0 Å². The zero-order valence-electron chi connectivity index (χ0n) is 23.0. The van der Waals surface area contributed by atoms with Crippen LogP contribution in [-0.4, -0.2) is 30.9 Å². The minimum absolute atomic E-state index is 0.0292. The normalized spacial score (nSPS) is 39.6. The summed E-state index contributed by atoms with van der Waals surface area (Å²) >= 11 is 0. The van der Waals surface area contributed by atoms with Crippen LogP contribution in [0.2, 0.25) is 0 Å². The molecule has 0 unspecified atom stereocenters. The molecule has 0 amide bonds. The molecule has 0 N–H and O–H groups in total. The summed E-state index contributed by atoms with van der Waals surface area (Å²) < 4.78 is 10.8. The van der Waals surface area contributed by atoms with Crippen molar-refractivity contribution in [3.8, 4) is 0 Å². The van der Waals surface area contributed by atoms with Crippen molar-refractivity contribution in [3.05, 3.63) is 35.9 Å². The lowest BCUT2D eigenvalue weighted by molar-refractivity contribution is -0.160. The largest absolute Gasteiger partial charge is 0.469 e. The molecule has 0 heterocycles. The lowest BCUT2D eigenvalue weighted by Gasteiger charge is -2.60. The molecular formula is C32H44O5. The van der Waals surface area contributed by atoms with Crippen molar-refractivity contribution >= 4 is 17.7 Å². The van der Waals surface area contributed by atoms with Crippen LogP contribution in [0.1, 0.15) is 95.3 Å². The summed E-state index contributed by atoms with van der Waals surface area (Å²) in [6, 6.07) is 9.29. The Labute approximate surface area is 222 Å². The minimum Gasteiger partial charge on any atom is -0.469 e. The molecule has 4 fully saturated rings. The van der Waals surface area contributed by atoms with E-state index in [9.17, 15) is 14.4 Å². The van der Waals surface area contributed by atoms with E-state index in [1.807, 2.05) is 30.3 Å². The van der Waals surface area contributed by atoms with Crippen LogP contribution in [-0.2, 0) is 19.1 Å². The lowest BCUT2D eigenvalue weighted by atomic mass is 9.44. The third-order valence-corrected chi connectivity index (χ3v) is 11.6. The van der Waals surface area contributed by atoms with Crippen LogP contribution in [0.15, 0.2) is 30.3 Å². The zero-order chi connectivity index (χ0) is 26.4. The maximum Gasteiger partial charge on any atom is 0.338 e. The van der Waals surface area contributed by atoms with Gasteiger partial charge in [-0.25, -0.2) is 4.79 Å². The Balaban J connectivity index is 1.27. The molecule has 0 bridgehead atoms. The van der Waals surface area contributed by atoms with Crippen molar-refractivity contribution in [3.63, 3.8) is 0 Å². The van der Waals surface area contributed by atoms with E-state index in [0.29, 0.717) is 59.7 Å². The maximum absolute atomic E-state index is 14.0. The molecule has 202 valence electrons. The van der Waals surface area contributed by atoms with Crippen LogP contribution < -0.4 is 0 Å². The number of carbonyl (C=O) groups is 3. The molecule has 0 spiro atoms.